The van der Waals surface area contributed by atoms with Gasteiger partial charge in [-0.2, -0.15) is 0 Å². The van der Waals surface area contributed by atoms with Crippen LogP contribution < -0.4 is 10.6 Å². The molecule has 5 heteroatoms. The fraction of sp³-hybridized carbons (Fsp3) is 0.259. The second-order valence-electron chi connectivity index (χ2n) is 8.07. The van der Waals surface area contributed by atoms with E-state index in [0.717, 1.165) is 51.4 Å². The van der Waals surface area contributed by atoms with Crippen LogP contribution in [0.2, 0.25) is 0 Å². The molecule has 2 N–H and O–H groups in total. The van der Waals surface area contributed by atoms with Crippen molar-refractivity contribution in [3.8, 4) is 0 Å². The van der Waals surface area contributed by atoms with E-state index in [1.54, 1.807) is 11.3 Å². The molecule has 164 valence electrons. The zero-order chi connectivity index (χ0) is 22.5. The lowest BCUT2D eigenvalue weighted by Gasteiger charge is -2.20. The molecule has 2 aromatic carbocycles. The molecule has 0 fully saturated rings. The van der Waals surface area contributed by atoms with Crippen LogP contribution in [-0.4, -0.2) is 17.4 Å². The molecule has 0 aliphatic carbocycles. The number of rotatable bonds is 8. The molecule has 2 heterocycles. The number of hydrogen-bond donors (Lipinski definition) is 2. The van der Waals surface area contributed by atoms with Gasteiger partial charge < -0.3 is 10.6 Å². The molecule has 4 nitrogen and oxygen atoms in total. The van der Waals surface area contributed by atoms with Crippen LogP contribution in [0.15, 0.2) is 66.7 Å². The quantitative estimate of drug-likeness (QED) is 0.300. The molecule has 1 amide bonds. The number of aryl methyl sites for hydroxylation is 2. The smallest absolute Gasteiger partial charge is 0.255 e. The molecule has 0 saturated carbocycles. The molecule has 0 saturated heterocycles. The molecule has 2 aromatic heterocycles. The van der Waals surface area contributed by atoms with Crippen LogP contribution in [0.1, 0.15) is 57.9 Å². The zero-order valence-electron chi connectivity index (χ0n) is 18.8. The van der Waals surface area contributed by atoms with Crippen molar-refractivity contribution in [2.45, 2.75) is 39.7 Å². The second-order valence-corrected chi connectivity index (χ2v) is 9.10. The van der Waals surface area contributed by atoms with Crippen LogP contribution in [0.3, 0.4) is 0 Å². The standard InChI is InChI=1S/C27H29N3OS/c1-4-5-16-28-23(20-12-8-6-9-13-20)25-24(30-26(31)21-14-10-7-11-15-21)22-18(2)17-19(3)29-27(22)32-25/h6-15,17,23,28H,4-5,16H2,1-3H3,(H,30,31)/t23-/m0/s1. The van der Waals surface area contributed by atoms with Crippen molar-refractivity contribution >= 4 is 33.1 Å². The van der Waals surface area contributed by atoms with E-state index in [-0.39, 0.29) is 11.9 Å². The summed E-state index contributed by atoms with van der Waals surface area (Å²) in [7, 11) is 0. The molecule has 1 atom stereocenters. The molecular formula is C27H29N3OS. The number of anilines is 1. The first kappa shape index (κ1) is 22.2. The fourth-order valence-electron chi connectivity index (χ4n) is 3.99. The Kier molecular flexibility index (Phi) is 6.98. The van der Waals surface area contributed by atoms with Crippen LogP contribution in [-0.2, 0) is 0 Å². The summed E-state index contributed by atoms with van der Waals surface area (Å²) in [5.74, 6) is -0.105. The summed E-state index contributed by atoms with van der Waals surface area (Å²) in [6.07, 6.45) is 2.22. The highest BCUT2D eigenvalue weighted by molar-refractivity contribution is 7.19. The van der Waals surface area contributed by atoms with Gasteiger partial charge in [0.15, 0.2) is 0 Å². The number of pyridine rings is 1. The van der Waals surface area contributed by atoms with Crippen molar-refractivity contribution < 1.29 is 4.79 Å². The van der Waals surface area contributed by atoms with E-state index in [1.807, 2.05) is 43.3 Å². The van der Waals surface area contributed by atoms with E-state index >= 15 is 0 Å². The number of benzene rings is 2. The topological polar surface area (TPSA) is 54.0 Å². The predicted octanol–water partition coefficient (Wildman–Crippen LogP) is 6.64. The number of aromatic nitrogens is 1. The number of nitrogens with one attached hydrogen (secondary N) is 2. The zero-order valence-corrected chi connectivity index (χ0v) is 19.6. The Labute approximate surface area is 193 Å². The van der Waals surface area contributed by atoms with Gasteiger partial charge in [-0.15, -0.1) is 11.3 Å². The minimum Gasteiger partial charge on any atom is -0.320 e. The summed E-state index contributed by atoms with van der Waals surface area (Å²) in [6.45, 7) is 7.21. The van der Waals surface area contributed by atoms with Gasteiger partial charge in [0.2, 0.25) is 0 Å². The Morgan fingerprint density at radius 3 is 2.41 bits per heavy atom. The molecular weight excluding hydrogens is 414 g/mol. The molecule has 32 heavy (non-hydrogen) atoms. The molecule has 0 radical (unpaired) electrons. The summed E-state index contributed by atoms with van der Waals surface area (Å²) in [6, 6.07) is 21.9. The van der Waals surface area contributed by atoms with Crippen LogP contribution in [0, 0.1) is 13.8 Å². The van der Waals surface area contributed by atoms with Gasteiger partial charge in [-0.3, -0.25) is 4.79 Å². The maximum atomic E-state index is 13.2. The molecule has 0 bridgehead atoms. The van der Waals surface area contributed by atoms with E-state index in [2.05, 4.69) is 54.8 Å². The minimum atomic E-state index is -0.105. The summed E-state index contributed by atoms with van der Waals surface area (Å²) in [5, 5.41) is 8.00. The second kappa shape index (κ2) is 10.1. The molecule has 4 rings (SSSR count). The van der Waals surface area contributed by atoms with E-state index in [0.29, 0.717) is 5.56 Å². The average molecular weight is 444 g/mol. The van der Waals surface area contributed by atoms with Gasteiger partial charge in [-0.05, 0) is 56.1 Å². The third-order valence-corrected chi connectivity index (χ3v) is 6.71. The lowest BCUT2D eigenvalue weighted by Crippen LogP contribution is -2.24. The first-order chi connectivity index (χ1) is 15.6. The van der Waals surface area contributed by atoms with Crippen molar-refractivity contribution in [2.24, 2.45) is 0 Å². The number of hydrogen-bond acceptors (Lipinski definition) is 4. The third-order valence-electron chi connectivity index (χ3n) is 5.56. The molecule has 0 aliphatic heterocycles. The summed E-state index contributed by atoms with van der Waals surface area (Å²) >= 11 is 1.66. The molecule has 0 spiro atoms. The predicted molar refractivity (Wildman–Crippen MR) is 135 cm³/mol. The highest BCUT2D eigenvalue weighted by atomic mass is 32.1. The van der Waals surface area contributed by atoms with Crippen molar-refractivity contribution in [1.82, 2.24) is 10.3 Å². The minimum absolute atomic E-state index is 0.0206. The largest absolute Gasteiger partial charge is 0.320 e. The number of thiophene rings is 1. The number of fused-ring (bicyclic) bond motifs is 1. The van der Waals surface area contributed by atoms with Gasteiger partial charge in [0.25, 0.3) is 5.91 Å². The summed E-state index contributed by atoms with van der Waals surface area (Å²) in [5.41, 5.74) is 4.80. The maximum absolute atomic E-state index is 13.2. The van der Waals surface area contributed by atoms with Gasteiger partial charge in [-0.25, -0.2) is 4.98 Å². The average Bonchev–Trinajstić information content (AvgIpc) is 3.15. The van der Waals surface area contributed by atoms with Crippen molar-refractivity contribution in [3.63, 3.8) is 0 Å². The first-order valence-electron chi connectivity index (χ1n) is 11.1. The van der Waals surface area contributed by atoms with Crippen molar-refractivity contribution in [1.29, 1.82) is 0 Å². The summed E-state index contributed by atoms with van der Waals surface area (Å²) < 4.78 is 0. The number of carbonyl (C=O) groups excluding carboxylic acids is 1. The van der Waals surface area contributed by atoms with Crippen LogP contribution in [0.5, 0.6) is 0 Å². The number of unbranched alkanes of at least 4 members (excludes halogenated alkanes) is 1. The number of nitrogens with zero attached hydrogens (tertiary/aromatic N) is 1. The SMILES string of the molecule is CCCCN[C@@H](c1ccccc1)c1sc2nc(C)cc(C)c2c1NC(=O)c1ccccc1. The van der Waals surface area contributed by atoms with Crippen molar-refractivity contribution in [2.75, 3.05) is 11.9 Å². The monoisotopic (exact) mass is 443 g/mol. The fourth-order valence-corrected chi connectivity index (χ4v) is 5.35. The van der Waals surface area contributed by atoms with Crippen LogP contribution in [0.4, 0.5) is 5.69 Å². The Morgan fingerprint density at radius 1 is 1.03 bits per heavy atom. The Bertz CT molecular complexity index is 1200. The van der Waals surface area contributed by atoms with Crippen LogP contribution in [0.25, 0.3) is 10.2 Å². The lowest BCUT2D eigenvalue weighted by molar-refractivity contribution is 0.102. The maximum Gasteiger partial charge on any atom is 0.255 e. The molecule has 0 unspecified atom stereocenters. The van der Waals surface area contributed by atoms with Crippen LogP contribution >= 0.6 is 11.3 Å². The molecule has 0 aliphatic rings. The Morgan fingerprint density at radius 2 is 1.72 bits per heavy atom. The van der Waals surface area contributed by atoms with Crippen molar-refractivity contribution in [3.05, 3.63) is 94.0 Å². The Balaban J connectivity index is 1.85. The van der Waals surface area contributed by atoms with E-state index < -0.39 is 0 Å². The summed E-state index contributed by atoms with van der Waals surface area (Å²) in [4.78, 5) is 20.0. The number of amides is 1. The lowest BCUT2D eigenvalue weighted by atomic mass is 10.0. The number of carbonyl (C=O) groups is 1. The normalized spacial score (nSPS) is 12.1. The highest BCUT2D eigenvalue weighted by Gasteiger charge is 2.25. The third kappa shape index (κ3) is 4.74. The highest BCUT2D eigenvalue weighted by Crippen LogP contribution is 2.42. The Hall–Kier alpha value is -3.02. The molecule has 4 aromatic rings. The van der Waals surface area contributed by atoms with E-state index in [9.17, 15) is 4.79 Å². The van der Waals surface area contributed by atoms with Gasteiger partial charge in [0.1, 0.15) is 4.83 Å². The van der Waals surface area contributed by atoms with Gasteiger partial charge in [-0.1, -0.05) is 61.9 Å². The van der Waals surface area contributed by atoms with Gasteiger partial charge >= 0.3 is 0 Å². The van der Waals surface area contributed by atoms with E-state index in [1.165, 1.54) is 5.56 Å². The first-order valence-corrected chi connectivity index (χ1v) is 12.0. The van der Waals surface area contributed by atoms with E-state index in [4.69, 9.17) is 4.98 Å². The van der Waals surface area contributed by atoms with Gasteiger partial charge in [0, 0.05) is 16.6 Å². The van der Waals surface area contributed by atoms with Gasteiger partial charge in [0.05, 0.1) is 16.6 Å².